The molecule has 0 aliphatic carbocycles. The third kappa shape index (κ3) is 2.23. The van der Waals surface area contributed by atoms with Gasteiger partial charge in [0.25, 0.3) is 0 Å². The molecule has 0 fully saturated rings. The van der Waals surface area contributed by atoms with Gasteiger partial charge in [-0.05, 0) is 6.42 Å². The summed E-state index contributed by atoms with van der Waals surface area (Å²) in [7, 11) is 0. The van der Waals surface area contributed by atoms with Crippen molar-refractivity contribution in [3.63, 3.8) is 0 Å². The van der Waals surface area contributed by atoms with Gasteiger partial charge < -0.3 is 4.74 Å². The summed E-state index contributed by atoms with van der Waals surface area (Å²) in [6.45, 7) is 8.28. The van der Waals surface area contributed by atoms with Crippen LogP contribution in [0.5, 0.6) is 0 Å². The lowest BCUT2D eigenvalue weighted by atomic mass is 9.87. The molecule has 0 aromatic heterocycles. The first-order chi connectivity index (χ1) is 5.67. The molecule has 0 saturated heterocycles. The Bertz CT molecular complexity index is 173. The van der Waals surface area contributed by atoms with Crippen LogP contribution in [0.2, 0.25) is 0 Å². The summed E-state index contributed by atoms with van der Waals surface area (Å²) in [6, 6.07) is 0. The molecule has 0 aromatic carbocycles. The van der Waals surface area contributed by atoms with Gasteiger partial charge >= 0.3 is 0 Å². The fourth-order valence-electron chi connectivity index (χ4n) is 1.47. The minimum absolute atomic E-state index is 0.159. The van der Waals surface area contributed by atoms with Gasteiger partial charge in [-0.3, -0.25) is 4.99 Å². The molecule has 70 valence electrons. The maximum Gasteiger partial charge on any atom is 0.189 e. The SMILES string of the molecule is CCCCC(C)(C)C1=NCCO1. The Balaban J connectivity index is 2.45. The third-order valence-electron chi connectivity index (χ3n) is 2.32. The molecule has 12 heavy (non-hydrogen) atoms. The van der Waals surface area contributed by atoms with Crippen LogP contribution >= 0.6 is 0 Å². The van der Waals surface area contributed by atoms with E-state index in [0.717, 1.165) is 19.0 Å². The van der Waals surface area contributed by atoms with Crippen molar-refractivity contribution in [2.75, 3.05) is 13.2 Å². The predicted octanol–water partition coefficient (Wildman–Crippen LogP) is 2.63. The number of aliphatic imine (C=N–C) groups is 1. The molecule has 1 aliphatic rings. The van der Waals surface area contributed by atoms with Crippen LogP contribution in [0.4, 0.5) is 0 Å². The first kappa shape index (κ1) is 9.56. The molecule has 0 spiro atoms. The molecule has 0 N–H and O–H groups in total. The van der Waals surface area contributed by atoms with Crippen LogP contribution in [0.3, 0.4) is 0 Å². The van der Waals surface area contributed by atoms with Gasteiger partial charge in [0.15, 0.2) is 5.90 Å². The molecule has 2 heteroatoms. The topological polar surface area (TPSA) is 21.6 Å². The van der Waals surface area contributed by atoms with Gasteiger partial charge in [-0.1, -0.05) is 33.6 Å². The van der Waals surface area contributed by atoms with Crippen LogP contribution in [0.25, 0.3) is 0 Å². The number of hydrogen-bond donors (Lipinski definition) is 0. The Kier molecular flexibility index (Phi) is 3.12. The van der Waals surface area contributed by atoms with Crippen molar-refractivity contribution in [1.82, 2.24) is 0 Å². The van der Waals surface area contributed by atoms with Gasteiger partial charge in [0, 0.05) is 5.41 Å². The first-order valence-electron chi connectivity index (χ1n) is 4.84. The Morgan fingerprint density at radius 1 is 1.50 bits per heavy atom. The summed E-state index contributed by atoms with van der Waals surface area (Å²) < 4.78 is 5.46. The van der Waals surface area contributed by atoms with Crippen LogP contribution in [0.1, 0.15) is 40.0 Å². The van der Waals surface area contributed by atoms with E-state index in [-0.39, 0.29) is 5.41 Å². The number of nitrogens with zero attached hydrogens (tertiary/aromatic N) is 1. The van der Waals surface area contributed by atoms with Crippen molar-refractivity contribution in [1.29, 1.82) is 0 Å². The molecular formula is C10H19NO. The minimum atomic E-state index is 0.159. The fraction of sp³-hybridized carbons (Fsp3) is 0.900. The molecular weight excluding hydrogens is 150 g/mol. The highest BCUT2D eigenvalue weighted by molar-refractivity contribution is 5.82. The highest BCUT2D eigenvalue weighted by Gasteiger charge is 2.28. The second kappa shape index (κ2) is 3.92. The molecule has 1 heterocycles. The van der Waals surface area contributed by atoms with E-state index in [9.17, 15) is 0 Å². The molecule has 0 bridgehead atoms. The summed E-state index contributed by atoms with van der Waals surface area (Å²) in [4.78, 5) is 4.35. The Morgan fingerprint density at radius 2 is 2.25 bits per heavy atom. The van der Waals surface area contributed by atoms with E-state index >= 15 is 0 Å². The second-order valence-corrected chi connectivity index (χ2v) is 4.02. The van der Waals surface area contributed by atoms with Crippen molar-refractivity contribution < 1.29 is 4.74 Å². The van der Waals surface area contributed by atoms with Crippen LogP contribution in [-0.2, 0) is 4.74 Å². The lowest BCUT2D eigenvalue weighted by Gasteiger charge is -2.23. The number of ether oxygens (including phenoxy) is 1. The number of rotatable bonds is 4. The van der Waals surface area contributed by atoms with E-state index in [4.69, 9.17) is 4.74 Å². The third-order valence-corrected chi connectivity index (χ3v) is 2.32. The summed E-state index contributed by atoms with van der Waals surface area (Å²) in [6.07, 6.45) is 3.69. The van der Waals surface area contributed by atoms with E-state index in [0.29, 0.717) is 0 Å². The smallest absolute Gasteiger partial charge is 0.189 e. The van der Waals surface area contributed by atoms with Crippen LogP contribution in [-0.4, -0.2) is 19.0 Å². The summed E-state index contributed by atoms with van der Waals surface area (Å²) in [5.41, 5.74) is 0.159. The van der Waals surface area contributed by atoms with Gasteiger partial charge in [0.1, 0.15) is 6.61 Å². The van der Waals surface area contributed by atoms with Crippen molar-refractivity contribution in [3.05, 3.63) is 0 Å². The van der Waals surface area contributed by atoms with Gasteiger partial charge in [0.2, 0.25) is 0 Å². The zero-order chi connectivity index (χ0) is 9.03. The highest BCUT2D eigenvalue weighted by Crippen LogP contribution is 2.27. The number of unbranched alkanes of at least 4 members (excludes halogenated alkanes) is 1. The molecule has 0 saturated carbocycles. The standard InChI is InChI=1S/C10H19NO/c1-4-5-6-10(2,3)9-11-7-8-12-9/h4-8H2,1-3H3. The van der Waals surface area contributed by atoms with Gasteiger partial charge in [-0.2, -0.15) is 0 Å². The van der Waals surface area contributed by atoms with Crippen LogP contribution in [0.15, 0.2) is 4.99 Å². The Labute approximate surface area is 75.0 Å². The molecule has 0 amide bonds. The molecule has 0 unspecified atom stereocenters. The zero-order valence-corrected chi connectivity index (χ0v) is 8.39. The van der Waals surface area contributed by atoms with E-state index in [2.05, 4.69) is 25.8 Å². The molecule has 0 radical (unpaired) electrons. The maximum absolute atomic E-state index is 5.46. The quantitative estimate of drug-likeness (QED) is 0.634. The average molecular weight is 169 g/mol. The molecule has 0 atom stereocenters. The van der Waals surface area contributed by atoms with E-state index in [1.165, 1.54) is 19.3 Å². The fourth-order valence-corrected chi connectivity index (χ4v) is 1.47. The maximum atomic E-state index is 5.46. The second-order valence-electron chi connectivity index (χ2n) is 4.02. The summed E-state index contributed by atoms with van der Waals surface area (Å²) in [5.74, 6) is 0.968. The average Bonchev–Trinajstić information content (AvgIpc) is 2.53. The van der Waals surface area contributed by atoms with Gasteiger partial charge in [0.05, 0.1) is 6.54 Å². The summed E-state index contributed by atoms with van der Waals surface area (Å²) in [5, 5.41) is 0. The zero-order valence-electron chi connectivity index (χ0n) is 8.39. The van der Waals surface area contributed by atoms with E-state index in [1.807, 2.05) is 0 Å². The normalized spacial score (nSPS) is 17.4. The molecule has 0 aromatic rings. The lowest BCUT2D eigenvalue weighted by Crippen LogP contribution is -2.24. The first-order valence-corrected chi connectivity index (χ1v) is 4.84. The van der Waals surface area contributed by atoms with Crippen LogP contribution in [0, 0.1) is 5.41 Å². The largest absolute Gasteiger partial charge is 0.479 e. The van der Waals surface area contributed by atoms with Gasteiger partial charge in [-0.25, -0.2) is 0 Å². The molecule has 1 rings (SSSR count). The predicted molar refractivity (Wildman–Crippen MR) is 51.6 cm³/mol. The van der Waals surface area contributed by atoms with Crippen molar-refractivity contribution in [2.45, 2.75) is 40.0 Å². The van der Waals surface area contributed by atoms with Gasteiger partial charge in [-0.15, -0.1) is 0 Å². The Morgan fingerprint density at radius 3 is 2.75 bits per heavy atom. The number of hydrogen-bond acceptors (Lipinski definition) is 2. The Hall–Kier alpha value is -0.530. The highest BCUT2D eigenvalue weighted by atomic mass is 16.5. The van der Waals surface area contributed by atoms with Crippen molar-refractivity contribution in [2.24, 2.45) is 10.4 Å². The lowest BCUT2D eigenvalue weighted by molar-refractivity contribution is 0.283. The van der Waals surface area contributed by atoms with E-state index in [1.54, 1.807) is 0 Å². The summed E-state index contributed by atoms with van der Waals surface area (Å²) >= 11 is 0. The van der Waals surface area contributed by atoms with Crippen molar-refractivity contribution in [3.8, 4) is 0 Å². The van der Waals surface area contributed by atoms with E-state index < -0.39 is 0 Å². The van der Waals surface area contributed by atoms with Crippen molar-refractivity contribution >= 4 is 5.90 Å². The minimum Gasteiger partial charge on any atom is -0.479 e. The molecule has 1 aliphatic heterocycles. The van der Waals surface area contributed by atoms with Crippen LogP contribution < -0.4 is 0 Å². The molecule has 2 nitrogen and oxygen atoms in total. The monoisotopic (exact) mass is 169 g/mol.